The first-order valence-electron chi connectivity index (χ1n) is 6.86. The molecule has 0 bridgehead atoms. The molecule has 3 nitrogen and oxygen atoms in total. The largest absolute Gasteiger partial charge is 0.494 e. The summed E-state index contributed by atoms with van der Waals surface area (Å²) in [6, 6.07) is 8.20. The molecule has 1 N–H and O–H groups in total. The Morgan fingerprint density at radius 1 is 1.32 bits per heavy atom. The van der Waals surface area contributed by atoms with Gasteiger partial charge in [0.1, 0.15) is 5.75 Å². The van der Waals surface area contributed by atoms with Crippen LogP contribution in [0.15, 0.2) is 29.8 Å². The lowest BCUT2D eigenvalue weighted by Gasteiger charge is -2.07. The average molecular weight is 263 g/mol. The van der Waals surface area contributed by atoms with E-state index >= 15 is 0 Å². The van der Waals surface area contributed by atoms with Crippen LogP contribution in [0.4, 0.5) is 0 Å². The van der Waals surface area contributed by atoms with Crippen LogP contribution in [-0.4, -0.2) is 33.4 Å². The normalized spacial score (nSPS) is 11.6. The van der Waals surface area contributed by atoms with Crippen LogP contribution in [0.3, 0.4) is 0 Å². The Hall–Kier alpha value is -1.32. The number of hydrogen-bond donors (Lipinski definition) is 1. The van der Waals surface area contributed by atoms with Gasteiger partial charge in [-0.25, -0.2) is 0 Å². The molecule has 0 aliphatic heterocycles. The third-order valence-electron chi connectivity index (χ3n) is 2.63. The molecule has 0 radical (unpaired) electrons. The highest BCUT2D eigenvalue weighted by Crippen LogP contribution is 2.15. The summed E-state index contributed by atoms with van der Waals surface area (Å²) in [5.41, 5.74) is 2.48. The van der Waals surface area contributed by atoms with Crippen LogP contribution in [0.1, 0.15) is 25.8 Å². The van der Waals surface area contributed by atoms with Gasteiger partial charge in [-0.2, -0.15) is 0 Å². The smallest absolute Gasteiger partial charge is 0.119 e. The standard InChI is InChI=1S/C16H25NO2/c1-4-9-19-16-7-5-6-15(12-16)11-14(2)13-17-8-10-18-3/h5-7,11-12,17H,4,8-10,13H2,1-3H3. The Morgan fingerprint density at radius 3 is 2.89 bits per heavy atom. The number of methoxy groups -OCH3 is 1. The molecule has 0 fully saturated rings. The molecule has 0 heterocycles. The first-order valence-corrected chi connectivity index (χ1v) is 6.86. The van der Waals surface area contributed by atoms with E-state index in [1.165, 1.54) is 11.1 Å². The van der Waals surface area contributed by atoms with Crippen LogP contribution in [-0.2, 0) is 4.74 Å². The summed E-state index contributed by atoms with van der Waals surface area (Å²) < 4.78 is 10.6. The van der Waals surface area contributed by atoms with Crippen molar-refractivity contribution in [1.29, 1.82) is 0 Å². The molecule has 106 valence electrons. The van der Waals surface area contributed by atoms with Gasteiger partial charge in [-0.05, 0) is 31.0 Å². The molecule has 19 heavy (non-hydrogen) atoms. The first kappa shape index (κ1) is 15.7. The molecule has 0 saturated heterocycles. The molecule has 0 spiro atoms. The van der Waals surface area contributed by atoms with Crippen molar-refractivity contribution in [2.24, 2.45) is 0 Å². The highest BCUT2D eigenvalue weighted by atomic mass is 16.5. The summed E-state index contributed by atoms with van der Waals surface area (Å²) in [6.07, 6.45) is 3.21. The van der Waals surface area contributed by atoms with E-state index in [9.17, 15) is 0 Å². The van der Waals surface area contributed by atoms with Gasteiger partial charge in [-0.15, -0.1) is 0 Å². The molecule has 0 aromatic heterocycles. The minimum atomic E-state index is 0.744. The first-order chi connectivity index (χ1) is 9.26. The zero-order valence-corrected chi connectivity index (χ0v) is 12.2. The van der Waals surface area contributed by atoms with Gasteiger partial charge in [0.2, 0.25) is 0 Å². The molecule has 0 aliphatic rings. The molecule has 1 rings (SSSR count). The number of benzene rings is 1. The fourth-order valence-corrected chi connectivity index (χ4v) is 1.71. The maximum atomic E-state index is 5.63. The van der Waals surface area contributed by atoms with Gasteiger partial charge in [-0.3, -0.25) is 0 Å². The van der Waals surface area contributed by atoms with Crippen molar-refractivity contribution >= 4 is 6.08 Å². The highest BCUT2D eigenvalue weighted by Gasteiger charge is 1.96. The third kappa shape index (κ3) is 6.99. The third-order valence-corrected chi connectivity index (χ3v) is 2.63. The van der Waals surface area contributed by atoms with Crippen molar-refractivity contribution in [3.63, 3.8) is 0 Å². The summed E-state index contributed by atoms with van der Waals surface area (Å²) in [6.45, 7) is 7.50. The number of hydrogen-bond acceptors (Lipinski definition) is 3. The fourth-order valence-electron chi connectivity index (χ4n) is 1.71. The lowest BCUT2D eigenvalue weighted by Crippen LogP contribution is -2.20. The van der Waals surface area contributed by atoms with Gasteiger partial charge in [0.25, 0.3) is 0 Å². The van der Waals surface area contributed by atoms with Crippen molar-refractivity contribution in [1.82, 2.24) is 5.32 Å². The van der Waals surface area contributed by atoms with Crippen molar-refractivity contribution in [3.8, 4) is 5.75 Å². The average Bonchev–Trinajstić information content (AvgIpc) is 2.42. The van der Waals surface area contributed by atoms with Crippen LogP contribution in [0.5, 0.6) is 5.75 Å². The molecule has 1 aromatic carbocycles. The number of nitrogens with one attached hydrogen (secondary N) is 1. The van der Waals surface area contributed by atoms with Crippen LogP contribution in [0.2, 0.25) is 0 Å². The van der Waals surface area contributed by atoms with E-state index in [1.54, 1.807) is 7.11 Å². The van der Waals surface area contributed by atoms with Crippen LogP contribution < -0.4 is 10.1 Å². The van der Waals surface area contributed by atoms with Gasteiger partial charge < -0.3 is 14.8 Å². The van der Waals surface area contributed by atoms with Gasteiger partial charge >= 0.3 is 0 Å². The molecule has 0 atom stereocenters. The molecule has 1 aromatic rings. The topological polar surface area (TPSA) is 30.5 Å². The van der Waals surface area contributed by atoms with Gasteiger partial charge in [-0.1, -0.05) is 30.7 Å². The van der Waals surface area contributed by atoms with E-state index in [1.807, 2.05) is 12.1 Å². The maximum absolute atomic E-state index is 5.63. The predicted molar refractivity (Wildman–Crippen MR) is 80.6 cm³/mol. The molecule has 0 aliphatic carbocycles. The highest BCUT2D eigenvalue weighted by molar-refractivity contribution is 5.54. The van der Waals surface area contributed by atoms with Gasteiger partial charge in [0, 0.05) is 20.2 Å². The molecule has 0 saturated carbocycles. The number of rotatable bonds is 9. The Bertz CT molecular complexity index is 388. The zero-order valence-electron chi connectivity index (χ0n) is 12.2. The molecule has 0 amide bonds. The number of ether oxygens (including phenoxy) is 2. The van der Waals surface area contributed by atoms with Crippen molar-refractivity contribution in [2.75, 3.05) is 33.4 Å². The van der Waals surface area contributed by atoms with E-state index in [0.717, 1.165) is 38.5 Å². The summed E-state index contributed by atoms with van der Waals surface area (Å²) in [5.74, 6) is 0.941. The Morgan fingerprint density at radius 2 is 2.16 bits per heavy atom. The van der Waals surface area contributed by atoms with E-state index in [4.69, 9.17) is 9.47 Å². The predicted octanol–water partition coefficient (Wildman–Crippen LogP) is 3.11. The molecule has 3 heteroatoms. The van der Waals surface area contributed by atoms with Crippen LogP contribution in [0, 0.1) is 0 Å². The van der Waals surface area contributed by atoms with Crippen molar-refractivity contribution in [3.05, 3.63) is 35.4 Å². The molecular weight excluding hydrogens is 238 g/mol. The minimum absolute atomic E-state index is 0.744. The van der Waals surface area contributed by atoms with Crippen LogP contribution in [0.25, 0.3) is 6.08 Å². The van der Waals surface area contributed by atoms with E-state index in [0.29, 0.717) is 0 Å². The van der Waals surface area contributed by atoms with Crippen molar-refractivity contribution in [2.45, 2.75) is 20.3 Å². The van der Waals surface area contributed by atoms with E-state index in [2.05, 4.69) is 37.4 Å². The monoisotopic (exact) mass is 263 g/mol. The zero-order chi connectivity index (χ0) is 13.9. The minimum Gasteiger partial charge on any atom is -0.494 e. The summed E-state index contributed by atoms with van der Waals surface area (Å²) in [4.78, 5) is 0. The second kappa shape index (κ2) is 9.59. The van der Waals surface area contributed by atoms with Gasteiger partial charge in [0.05, 0.1) is 13.2 Å². The van der Waals surface area contributed by atoms with E-state index < -0.39 is 0 Å². The van der Waals surface area contributed by atoms with E-state index in [-0.39, 0.29) is 0 Å². The van der Waals surface area contributed by atoms with Crippen molar-refractivity contribution < 1.29 is 9.47 Å². The molecular formula is C16H25NO2. The van der Waals surface area contributed by atoms with Gasteiger partial charge in [0.15, 0.2) is 0 Å². The SMILES string of the molecule is CCCOc1cccc(C=C(C)CNCCOC)c1. The summed E-state index contributed by atoms with van der Waals surface area (Å²) >= 11 is 0. The second-order valence-corrected chi connectivity index (χ2v) is 4.58. The Balaban J connectivity index is 2.49. The summed E-state index contributed by atoms with van der Waals surface area (Å²) in [7, 11) is 1.71. The fraction of sp³-hybridized carbons (Fsp3) is 0.500. The second-order valence-electron chi connectivity index (χ2n) is 4.58. The maximum Gasteiger partial charge on any atom is 0.119 e. The molecule has 0 unspecified atom stereocenters. The van der Waals surface area contributed by atoms with Crippen LogP contribution >= 0.6 is 0 Å². The summed E-state index contributed by atoms with van der Waals surface area (Å²) in [5, 5.41) is 3.33. The Labute approximate surface area is 116 Å². The Kier molecular flexibility index (Phi) is 7.94. The lowest BCUT2D eigenvalue weighted by atomic mass is 10.1. The lowest BCUT2D eigenvalue weighted by molar-refractivity contribution is 0.200. The quantitative estimate of drug-likeness (QED) is 0.694.